The van der Waals surface area contributed by atoms with Gasteiger partial charge in [-0.2, -0.15) is 11.3 Å². The Bertz CT molecular complexity index is 385. The zero-order valence-electron chi connectivity index (χ0n) is 9.29. The van der Waals surface area contributed by atoms with Gasteiger partial charge in [-0.3, -0.25) is 28.2 Å². The van der Waals surface area contributed by atoms with Gasteiger partial charge in [0.1, 0.15) is 0 Å². The third-order valence-corrected chi connectivity index (χ3v) is 2.81. The van der Waals surface area contributed by atoms with Crippen molar-refractivity contribution in [2.24, 2.45) is 0 Å². The molecule has 0 amide bonds. The summed E-state index contributed by atoms with van der Waals surface area (Å²) in [5, 5.41) is 4.21. The topological polar surface area (TPSA) is 0 Å². The van der Waals surface area contributed by atoms with E-state index >= 15 is 0 Å². The normalized spacial score (nSPS) is 6.37. The van der Waals surface area contributed by atoms with E-state index in [0.717, 1.165) is 4.90 Å². The van der Waals surface area contributed by atoms with Gasteiger partial charge in [0.25, 0.3) is 0 Å². The molecule has 1 aromatic carbocycles. The number of thiophene rings is 1. The molecule has 19 heavy (non-hydrogen) atoms. The number of benzene rings is 1. The van der Waals surface area contributed by atoms with Gasteiger partial charge in [-0.15, -0.1) is 12.6 Å². The van der Waals surface area contributed by atoms with Crippen LogP contribution in [0.4, 0.5) is 28.2 Å². The molecule has 1 aromatic heterocycles. The van der Waals surface area contributed by atoms with E-state index in [2.05, 4.69) is 35.5 Å². The molecular weight excluding hydrogens is 373 g/mol. The van der Waals surface area contributed by atoms with Crippen molar-refractivity contribution in [2.75, 3.05) is 0 Å². The number of rotatable bonds is 1. The largest absolute Gasteiger partial charge is 0.269 e. The Balaban J connectivity index is -0.0000000604. The van der Waals surface area contributed by atoms with Gasteiger partial charge in [-0.05, 0) is 34.0 Å². The van der Waals surface area contributed by atoms with Crippen LogP contribution in [0.5, 0.6) is 0 Å². The van der Waals surface area contributed by atoms with Crippen molar-refractivity contribution in [1.82, 2.24) is 0 Å². The maximum atomic E-state index is 4.39. The van der Waals surface area contributed by atoms with Crippen LogP contribution in [0, 0.1) is 0 Å². The second-order valence-corrected chi connectivity index (χ2v) is 3.79. The summed E-state index contributed by atoms with van der Waals surface area (Å²) in [6.07, 6.45) is 0. The summed E-state index contributed by atoms with van der Waals surface area (Å²) < 4.78 is 0. The maximum Gasteiger partial charge on any atom is 0.0119 e. The first kappa shape index (κ1) is 36.2. The molecule has 2 aromatic rings. The van der Waals surface area contributed by atoms with E-state index in [9.17, 15) is 0 Å². The van der Waals surface area contributed by atoms with E-state index in [1.54, 1.807) is 11.3 Å². The molecule has 0 fully saturated rings. The van der Waals surface area contributed by atoms with Gasteiger partial charge >= 0.3 is 0 Å². The second-order valence-electron chi connectivity index (χ2n) is 2.53. The van der Waals surface area contributed by atoms with E-state index in [1.165, 1.54) is 11.1 Å². The molecule has 0 nitrogen and oxygen atoms in total. The number of thiol groups is 1. The van der Waals surface area contributed by atoms with Crippen molar-refractivity contribution in [3.63, 3.8) is 0 Å². The first-order chi connectivity index (χ1) is 5.88. The molecule has 0 saturated heterocycles. The maximum absolute atomic E-state index is 4.39. The van der Waals surface area contributed by atoms with Crippen molar-refractivity contribution in [1.29, 1.82) is 0 Å². The Kier molecular flexibility index (Phi) is 33.2. The summed E-state index contributed by atoms with van der Waals surface area (Å²) in [5.74, 6) is 0. The molecule has 0 unspecified atom stereocenters. The van der Waals surface area contributed by atoms with E-state index in [0.29, 0.717) is 0 Å². The smallest absolute Gasteiger partial charge is 0.0119 e. The van der Waals surface area contributed by atoms with Crippen LogP contribution in [0.15, 0.2) is 46.0 Å². The minimum absolute atomic E-state index is 0. The van der Waals surface area contributed by atoms with Gasteiger partial charge in [-0.25, -0.2) is 0 Å². The van der Waals surface area contributed by atoms with Crippen molar-refractivity contribution >= 4 is 41.9 Å². The van der Waals surface area contributed by atoms with E-state index < -0.39 is 0 Å². The van der Waals surface area contributed by atoms with Crippen molar-refractivity contribution in [2.45, 2.75) is 4.90 Å². The molecule has 0 N–H and O–H groups in total. The minimum Gasteiger partial charge on any atom is -0.269 e. The minimum atomic E-state index is 0. The molecule has 0 atom stereocenters. The molecule has 0 bridgehead atoms. The fraction of sp³-hybridized carbons (Fsp3) is 0. The SMILES string of the molecule is F.F.F.F.F.F.Sc1ccccc1-c1ccsc1.[As]. The van der Waals surface area contributed by atoms with Crippen LogP contribution in [-0.4, -0.2) is 18.0 Å². The Morgan fingerprint density at radius 2 is 1.32 bits per heavy atom. The van der Waals surface area contributed by atoms with Crippen LogP contribution in [0.25, 0.3) is 11.1 Å². The molecule has 0 saturated carbocycles. The molecule has 3 radical (unpaired) electrons. The van der Waals surface area contributed by atoms with Crippen LogP contribution < -0.4 is 0 Å². The van der Waals surface area contributed by atoms with Gasteiger partial charge in [-0.1, -0.05) is 18.2 Å². The Labute approximate surface area is 127 Å². The van der Waals surface area contributed by atoms with Gasteiger partial charge < -0.3 is 0 Å². The van der Waals surface area contributed by atoms with Gasteiger partial charge in [0.05, 0.1) is 0 Å². The van der Waals surface area contributed by atoms with Crippen LogP contribution in [-0.2, 0) is 0 Å². The fourth-order valence-corrected chi connectivity index (χ4v) is 2.08. The number of hydrogen-bond acceptors (Lipinski definition) is 2. The molecule has 0 aliphatic rings. The first-order valence-corrected chi connectivity index (χ1v) is 5.07. The number of hydrogen-bond donors (Lipinski definition) is 1. The summed E-state index contributed by atoms with van der Waals surface area (Å²) in [6, 6.07) is 10.2. The average Bonchev–Trinajstić information content (AvgIpc) is 2.57. The molecular formula is C10H14AsF6S2. The summed E-state index contributed by atoms with van der Waals surface area (Å²) in [4.78, 5) is 1.04. The van der Waals surface area contributed by atoms with E-state index in [4.69, 9.17) is 0 Å². The fourth-order valence-electron chi connectivity index (χ4n) is 1.14. The quantitative estimate of drug-likeness (QED) is 0.423. The van der Waals surface area contributed by atoms with E-state index in [1.807, 2.05) is 18.2 Å². The molecule has 1 heterocycles. The Hall–Kier alpha value is -0.592. The third kappa shape index (κ3) is 9.02. The van der Waals surface area contributed by atoms with Crippen molar-refractivity contribution in [3.8, 4) is 11.1 Å². The summed E-state index contributed by atoms with van der Waals surface area (Å²) in [6.45, 7) is 0. The summed E-state index contributed by atoms with van der Waals surface area (Å²) in [5.41, 5.74) is 2.47. The van der Waals surface area contributed by atoms with Gasteiger partial charge in [0.2, 0.25) is 0 Å². The zero-order valence-corrected chi connectivity index (χ0v) is 12.9. The zero-order chi connectivity index (χ0) is 8.39. The molecule has 9 heteroatoms. The van der Waals surface area contributed by atoms with Gasteiger partial charge in [0.15, 0.2) is 0 Å². The number of halogens is 6. The molecule has 0 aliphatic heterocycles. The average molecular weight is 387 g/mol. The van der Waals surface area contributed by atoms with Gasteiger partial charge in [0, 0.05) is 22.8 Å². The summed E-state index contributed by atoms with van der Waals surface area (Å²) in [7, 11) is 0. The molecule has 2 rings (SSSR count). The monoisotopic (exact) mass is 387 g/mol. The first-order valence-electron chi connectivity index (χ1n) is 3.68. The molecule has 0 aliphatic carbocycles. The van der Waals surface area contributed by atoms with Crippen LogP contribution >= 0.6 is 24.0 Å². The third-order valence-electron chi connectivity index (χ3n) is 1.74. The standard InChI is InChI=1S/C10H8S2.As.6FH/c11-10-4-2-1-3-9(10)8-5-6-12-7-8;;;;;;;/h1-7,11H;;6*1H. The van der Waals surface area contributed by atoms with Crippen molar-refractivity contribution in [3.05, 3.63) is 41.1 Å². The second kappa shape index (κ2) is 17.4. The molecule has 0 spiro atoms. The predicted molar refractivity (Wildman–Crippen MR) is 77.8 cm³/mol. The van der Waals surface area contributed by atoms with E-state index in [-0.39, 0.29) is 46.2 Å². The Morgan fingerprint density at radius 3 is 1.74 bits per heavy atom. The molecule has 113 valence electrons. The van der Waals surface area contributed by atoms with Crippen molar-refractivity contribution < 1.29 is 28.2 Å². The van der Waals surface area contributed by atoms with Crippen LogP contribution in [0.3, 0.4) is 0 Å². The van der Waals surface area contributed by atoms with Crippen LogP contribution in [0.2, 0.25) is 0 Å². The van der Waals surface area contributed by atoms with Crippen LogP contribution in [0.1, 0.15) is 0 Å². The summed E-state index contributed by atoms with van der Waals surface area (Å²) >= 11 is 6.10. The Morgan fingerprint density at radius 1 is 0.789 bits per heavy atom. The predicted octanol–water partition coefficient (Wildman–Crippen LogP) is 4.24.